The molecule has 1 fully saturated rings. The van der Waals surface area contributed by atoms with Crippen molar-refractivity contribution in [1.29, 1.82) is 0 Å². The van der Waals surface area contributed by atoms with E-state index in [1.54, 1.807) is 0 Å². The van der Waals surface area contributed by atoms with Gasteiger partial charge in [0, 0.05) is 52.9 Å². The van der Waals surface area contributed by atoms with E-state index in [0.717, 1.165) is 0 Å². The number of methoxy groups -OCH3 is 2. The topological polar surface area (TPSA) is 187 Å². The Balaban J connectivity index is 1.30. The SMILES string of the molecule is COC(=O)NCCCCC(=O)C1C(=O)c2ccc(C(=O)c3ccc4c(c3)C(=O)C(C(=O)[C@@H]3CCCN3C(=O)OC)C4=O)cc2C1=O. The number of ketones is 7. The standard InChI is InChI=1S/C33H30N2O11/c1-45-32(43)34-12-4-3-7-23(36)24-27(38)18-10-8-16(14-20(18)29(24)40)26(37)17-9-11-19-21(15-17)30(41)25(28(19)39)31(42)22-6-5-13-35(22)33(44)46-2/h8-11,14-15,22,24-25H,3-7,12-13H2,1-2H3,(H,34,43)/t22-,24?,25?/m0/s1. The number of alkyl carbamates (subject to hydrolysis) is 1. The summed E-state index contributed by atoms with van der Waals surface area (Å²) in [6.45, 7) is 0.510. The lowest BCUT2D eigenvalue weighted by Crippen LogP contribution is -2.45. The van der Waals surface area contributed by atoms with E-state index in [2.05, 4.69) is 10.1 Å². The fourth-order valence-corrected chi connectivity index (χ4v) is 6.21. The van der Waals surface area contributed by atoms with Gasteiger partial charge in [-0.3, -0.25) is 38.5 Å². The molecule has 0 radical (unpaired) electrons. The zero-order valence-electron chi connectivity index (χ0n) is 25.1. The average molecular weight is 631 g/mol. The summed E-state index contributed by atoms with van der Waals surface area (Å²) in [5, 5.41) is 2.48. The van der Waals surface area contributed by atoms with E-state index in [0.29, 0.717) is 19.3 Å². The van der Waals surface area contributed by atoms with Crippen LogP contribution in [0.3, 0.4) is 0 Å². The van der Waals surface area contributed by atoms with Crippen LogP contribution >= 0.6 is 0 Å². The number of unbranched alkanes of at least 4 members (excludes halogenated alkanes) is 1. The molecule has 13 heteroatoms. The lowest BCUT2D eigenvalue weighted by atomic mass is 9.92. The van der Waals surface area contributed by atoms with Gasteiger partial charge in [-0.1, -0.05) is 12.1 Å². The second kappa shape index (κ2) is 13.0. The molecule has 13 nitrogen and oxygen atoms in total. The summed E-state index contributed by atoms with van der Waals surface area (Å²) < 4.78 is 9.19. The fraction of sp³-hybridized carbons (Fsp3) is 0.364. The molecule has 0 saturated carbocycles. The van der Waals surface area contributed by atoms with Crippen LogP contribution in [-0.2, 0) is 19.1 Å². The summed E-state index contributed by atoms with van der Waals surface area (Å²) >= 11 is 0. The Morgan fingerprint density at radius 3 is 1.91 bits per heavy atom. The molecule has 2 aliphatic carbocycles. The van der Waals surface area contributed by atoms with Gasteiger partial charge in [0.2, 0.25) is 0 Å². The Morgan fingerprint density at radius 1 is 0.761 bits per heavy atom. The van der Waals surface area contributed by atoms with E-state index in [-0.39, 0.29) is 59.3 Å². The largest absolute Gasteiger partial charge is 0.453 e. The monoisotopic (exact) mass is 630 g/mol. The Hall–Kier alpha value is -5.33. The van der Waals surface area contributed by atoms with Crippen LogP contribution in [-0.4, -0.2) is 90.9 Å². The minimum atomic E-state index is -1.64. The van der Waals surface area contributed by atoms with Gasteiger partial charge in [0.15, 0.2) is 40.5 Å². The van der Waals surface area contributed by atoms with Gasteiger partial charge in [0.25, 0.3) is 0 Å². The van der Waals surface area contributed by atoms with Gasteiger partial charge >= 0.3 is 12.2 Å². The third-order valence-corrected chi connectivity index (χ3v) is 8.58. The predicted octanol–water partition coefficient (Wildman–Crippen LogP) is 2.80. The highest BCUT2D eigenvalue weighted by molar-refractivity contribution is 6.37. The highest BCUT2D eigenvalue weighted by Crippen LogP contribution is 2.34. The van der Waals surface area contributed by atoms with Crippen molar-refractivity contribution in [2.24, 2.45) is 11.8 Å². The molecule has 1 N–H and O–H groups in total. The van der Waals surface area contributed by atoms with Gasteiger partial charge in [-0.25, -0.2) is 9.59 Å². The lowest BCUT2D eigenvalue weighted by Gasteiger charge is -2.23. The van der Waals surface area contributed by atoms with E-state index < -0.39 is 70.5 Å². The first-order valence-electron chi connectivity index (χ1n) is 14.7. The number of nitrogens with zero attached hydrogens (tertiary/aromatic N) is 1. The fourth-order valence-electron chi connectivity index (χ4n) is 6.21. The van der Waals surface area contributed by atoms with Crippen LogP contribution in [0.15, 0.2) is 36.4 Å². The zero-order chi connectivity index (χ0) is 33.3. The number of rotatable bonds is 10. The number of Topliss-reactive ketones (excluding diaryl/α,β-unsaturated/α-hetero) is 6. The molecule has 2 amide bonds. The summed E-state index contributed by atoms with van der Waals surface area (Å²) in [6.07, 6.45) is 0.151. The summed E-state index contributed by atoms with van der Waals surface area (Å²) in [7, 11) is 2.40. The molecule has 2 aromatic carbocycles. The third kappa shape index (κ3) is 5.64. The quantitative estimate of drug-likeness (QED) is 0.231. The predicted molar refractivity (Wildman–Crippen MR) is 157 cm³/mol. The first-order chi connectivity index (χ1) is 22.0. The van der Waals surface area contributed by atoms with Crippen molar-refractivity contribution >= 4 is 52.7 Å². The Morgan fingerprint density at radius 2 is 1.33 bits per heavy atom. The maximum Gasteiger partial charge on any atom is 0.410 e. The zero-order valence-corrected chi connectivity index (χ0v) is 25.1. The number of ether oxygens (including phenoxy) is 2. The number of benzene rings is 2. The summed E-state index contributed by atoms with van der Waals surface area (Å²) in [5.41, 5.74) is -0.125. The smallest absolute Gasteiger partial charge is 0.410 e. The number of likely N-dealkylation sites (tertiary alicyclic amines) is 1. The molecular weight excluding hydrogens is 600 g/mol. The molecule has 1 heterocycles. The van der Waals surface area contributed by atoms with Crippen LogP contribution in [0.5, 0.6) is 0 Å². The van der Waals surface area contributed by atoms with Gasteiger partial charge in [0.05, 0.1) is 20.3 Å². The average Bonchev–Trinajstić information content (AvgIpc) is 3.72. The third-order valence-electron chi connectivity index (χ3n) is 8.58. The normalized spacial score (nSPS) is 20.0. The Kier molecular flexibility index (Phi) is 9.03. The van der Waals surface area contributed by atoms with Crippen molar-refractivity contribution in [3.05, 3.63) is 69.8 Å². The van der Waals surface area contributed by atoms with Crippen LogP contribution in [0.2, 0.25) is 0 Å². The van der Waals surface area contributed by atoms with E-state index in [1.807, 2.05) is 0 Å². The van der Waals surface area contributed by atoms with Crippen molar-refractivity contribution in [3.63, 3.8) is 0 Å². The van der Waals surface area contributed by atoms with Crippen LogP contribution in [0.25, 0.3) is 0 Å². The van der Waals surface area contributed by atoms with Crippen LogP contribution in [0.1, 0.15) is 89.5 Å². The number of nitrogens with one attached hydrogen (secondary N) is 1. The first-order valence-corrected chi connectivity index (χ1v) is 14.7. The molecule has 3 aliphatic rings. The number of carbonyl (C=O) groups excluding carboxylic acids is 9. The van der Waals surface area contributed by atoms with E-state index in [4.69, 9.17) is 4.74 Å². The lowest BCUT2D eigenvalue weighted by molar-refractivity contribution is -0.124. The van der Waals surface area contributed by atoms with Crippen LogP contribution in [0, 0.1) is 11.8 Å². The number of amides is 2. The van der Waals surface area contributed by atoms with E-state index in [9.17, 15) is 43.2 Å². The van der Waals surface area contributed by atoms with Gasteiger partial charge < -0.3 is 14.8 Å². The van der Waals surface area contributed by atoms with Gasteiger partial charge in [-0.2, -0.15) is 0 Å². The molecule has 46 heavy (non-hydrogen) atoms. The summed E-state index contributed by atoms with van der Waals surface area (Å²) in [6, 6.07) is 6.75. The molecule has 2 unspecified atom stereocenters. The highest BCUT2D eigenvalue weighted by atomic mass is 16.5. The van der Waals surface area contributed by atoms with Crippen LogP contribution < -0.4 is 5.32 Å². The van der Waals surface area contributed by atoms with Crippen molar-refractivity contribution in [3.8, 4) is 0 Å². The number of hydrogen-bond donors (Lipinski definition) is 1. The summed E-state index contributed by atoms with van der Waals surface area (Å²) in [4.78, 5) is 117. The van der Waals surface area contributed by atoms with Crippen molar-refractivity contribution in [2.75, 3.05) is 27.3 Å². The molecule has 2 aromatic rings. The van der Waals surface area contributed by atoms with Crippen molar-refractivity contribution < 1.29 is 52.6 Å². The van der Waals surface area contributed by atoms with Gasteiger partial charge in [0.1, 0.15) is 11.8 Å². The number of hydrogen-bond acceptors (Lipinski definition) is 11. The van der Waals surface area contributed by atoms with E-state index in [1.165, 1.54) is 55.5 Å². The molecular formula is C33H30N2O11. The van der Waals surface area contributed by atoms with Gasteiger partial charge in [-0.15, -0.1) is 0 Å². The number of fused-ring (bicyclic) bond motifs is 2. The highest BCUT2D eigenvalue weighted by Gasteiger charge is 2.49. The molecule has 5 rings (SSSR count). The minimum Gasteiger partial charge on any atom is -0.453 e. The molecule has 238 valence electrons. The maximum absolute atomic E-state index is 13.5. The maximum atomic E-state index is 13.5. The Labute approximate surface area is 262 Å². The number of carbonyl (C=O) groups is 9. The summed E-state index contributed by atoms with van der Waals surface area (Å²) in [5.74, 6) is -7.87. The van der Waals surface area contributed by atoms with E-state index >= 15 is 0 Å². The van der Waals surface area contributed by atoms with Gasteiger partial charge in [-0.05, 0) is 49.9 Å². The van der Waals surface area contributed by atoms with Crippen LogP contribution in [0.4, 0.5) is 9.59 Å². The molecule has 0 spiro atoms. The molecule has 1 aliphatic heterocycles. The Bertz CT molecular complexity index is 1730. The van der Waals surface area contributed by atoms with Crippen molar-refractivity contribution in [1.82, 2.24) is 10.2 Å². The second-order valence-electron chi connectivity index (χ2n) is 11.2. The molecule has 3 atom stereocenters. The van der Waals surface area contributed by atoms with Crippen molar-refractivity contribution in [2.45, 2.75) is 38.1 Å². The first kappa shape index (κ1) is 32.1. The minimum absolute atomic E-state index is 0.00923. The molecule has 1 saturated heterocycles. The molecule has 0 aromatic heterocycles. The molecule has 0 bridgehead atoms. The second-order valence-corrected chi connectivity index (χ2v) is 11.2.